The van der Waals surface area contributed by atoms with Gasteiger partial charge in [0.15, 0.2) is 0 Å². The molecule has 0 radical (unpaired) electrons. The fourth-order valence-electron chi connectivity index (χ4n) is 2.84. The van der Waals surface area contributed by atoms with Crippen molar-refractivity contribution < 1.29 is 4.79 Å². The molecule has 0 aliphatic heterocycles. The highest BCUT2D eigenvalue weighted by Gasteiger charge is 2.16. The van der Waals surface area contributed by atoms with Crippen LogP contribution in [-0.4, -0.2) is 20.7 Å². The molecule has 0 aliphatic carbocycles. The van der Waals surface area contributed by atoms with Crippen molar-refractivity contribution in [2.24, 2.45) is 0 Å². The van der Waals surface area contributed by atoms with Gasteiger partial charge < -0.3 is 5.32 Å². The number of nitrogens with zero attached hydrogens (tertiary/aromatic N) is 3. The third-order valence-electron chi connectivity index (χ3n) is 4.12. The van der Waals surface area contributed by atoms with Crippen LogP contribution < -0.4 is 5.32 Å². The minimum atomic E-state index is -0.137. The van der Waals surface area contributed by atoms with Crippen LogP contribution in [0.2, 0.25) is 0 Å². The van der Waals surface area contributed by atoms with Gasteiger partial charge in [0.1, 0.15) is 4.88 Å². The van der Waals surface area contributed by atoms with Gasteiger partial charge >= 0.3 is 0 Å². The summed E-state index contributed by atoms with van der Waals surface area (Å²) in [5.41, 5.74) is 3.56. The highest BCUT2D eigenvalue weighted by molar-refractivity contribution is 7.14. The quantitative estimate of drug-likeness (QED) is 0.560. The van der Waals surface area contributed by atoms with Gasteiger partial charge in [0, 0.05) is 24.5 Å². The molecule has 134 valence electrons. The van der Waals surface area contributed by atoms with E-state index in [1.165, 1.54) is 16.9 Å². The summed E-state index contributed by atoms with van der Waals surface area (Å²) < 4.78 is 1.76. The highest BCUT2D eigenvalue weighted by atomic mass is 32.1. The standard InChI is InChI=1S/C21H18N4OS/c1-15-20(27-19(23-15)13-16-7-3-2-4-8-16)21(26)24-17-9-5-10-18(14-17)25-12-6-11-22-25/h2-12,14H,13H2,1H3,(H,24,26). The summed E-state index contributed by atoms with van der Waals surface area (Å²) in [6.07, 6.45) is 4.32. The van der Waals surface area contributed by atoms with Crippen molar-refractivity contribution in [3.8, 4) is 5.69 Å². The minimum Gasteiger partial charge on any atom is -0.321 e. The number of rotatable bonds is 5. The SMILES string of the molecule is Cc1nc(Cc2ccccc2)sc1C(=O)Nc1cccc(-n2cccn2)c1. The van der Waals surface area contributed by atoms with E-state index in [4.69, 9.17) is 0 Å². The zero-order chi connectivity index (χ0) is 18.6. The predicted molar refractivity (Wildman–Crippen MR) is 108 cm³/mol. The van der Waals surface area contributed by atoms with Crippen molar-refractivity contribution in [3.05, 3.63) is 94.2 Å². The normalized spacial score (nSPS) is 10.7. The summed E-state index contributed by atoms with van der Waals surface area (Å²) in [6, 6.07) is 19.6. The van der Waals surface area contributed by atoms with E-state index in [0.29, 0.717) is 4.88 Å². The third-order valence-corrected chi connectivity index (χ3v) is 5.27. The maximum absolute atomic E-state index is 12.7. The van der Waals surface area contributed by atoms with E-state index in [0.717, 1.165) is 28.5 Å². The number of carbonyl (C=O) groups is 1. The van der Waals surface area contributed by atoms with Crippen LogP contribution >= 0.6 is 11.3 Å². The molecule has 4 aromatic rings. The van der Waals surface area contributed by atoms with E-state index in [2.05, 4.69) is 27.5 Å². The minimum absolute atomic E-state index is 0.137. The number of amides is 1. The van der Waals surface area contributed by atoms with Gasteiger partial charge in [0.05, 0.1) is 16.4 Å². The molecule has 0 atom stereocenters. The first kappa shape index (κ1) is 17.2. The summed E-state index contributed by atoms with van der Waals surface area (Å²) in [5, 5.41) is 8.13. The molecule has 1 N–H and O–H groups in total. The topological polar surface area (TPSA) is 59.8 Å². The van der Waals surface area contributed by atoms with Crippen LogP contribution in [0.4, 0.5) is 5.69 Å². The Morgan fingerprint density at radius 1 is 1.11 bits per heavy atom. The van der Waals surface area contributed by atoms with E-state index < -0.39 is 0 Å². The molecule has 4 rings (SSSR count). The van der Waals surface area contributed by atoms with Gasteiger partial charge in [0.2, 0.25) is 0 Å². The number of nitrogens with one attached hydrogen (secondary N) is 1. The Balaban J connectivity index is 1.51. The van der Waals surface area contributed by atoms with Crippen molar-refractivity contribution in [2.45, 2.75) is 13.3 Å². The first-order chi connectivity index (χ1) is 13.2. The molecule has 2 aromatic heterocycles. The smallest absolute Gasteiger partial charge is 0.267 e. The van der Waals surface area contributed by atoms with Crippen LogP contribution in [0, 0.1) is 6.92 Å². The molecule has 2 aromatic carbocycles. The second-order valence-electron chi connectivity index (χ2n) is 6.14. The molecular formula is C21H18N4OS. The highest BCUT2D eigenvalue weighted by Crippen LogP contribution is 2.23. The van der Waals surface area contributed by atoms with Crippen LogP contribution in [0.5, 0.6) is 0 Å². The van der Waals surface area contributed by atoms with Crippen LogP contribution in [0.25, 0.3) is 5.69 Å². The maximum Gasteiger partial charge on any atom is 0.267 e. The average Bonchev–Trinajstić information content (AvgIpc) is 3.33. The molecule has 0 saturated heterocycles. The predicted octanol–water partition coefficient (Wildman–Crippen LogP) is 4.48. The van der Waals surface area contributed by atoms with E-state index in [-0.39, 0.29) is 5.91 Å². The second-order valence-corrected chi connectivity index (χ2v) is 7.22. The maximum atomic E-state index is 12.7. The van der Waals surface area contributed by atoms with Crippen LogP contribution in [0.3, 0.4) is 0 Å². The molecule has 2 heterocycles. The van der Waals surface area contributed by atoms with Gasteiger partial charge in [-0.2, -0.15) is 5.10 Å². The fraction of sp³-hybridized carbons (Fsp3) is 0.0952. The molecule has 0 unspecified atom stereocenters. The Morgan fingerprint density at radius 3 is 2.74 bits per heavy atom. The van der Waals surface area contributed by atoms with Gasteiger partial charge in [-0.15, -0.1) is 11.3 Å². The molecule has 1 amide bonds. The summed E-state index contributed by atoms with van der Waals surface area (Å²) in [7, 11) is 0. The largest absolute Gasteiger partial charge is 0.321 e. The third kappa shape index (κ3) is 3.96. The van der Waals surface area contributed by atoms with Crippen molar-refractivity contribution in [1.82, 2.24) is 14.8 Å². The Bertz CT molecular complexity index is 1060. The summed E-state index contributed by atoms with van der Waals surface area (Å²) in [5.74, 6) is -0.137. The lowest BCUT2D eigenvalue weighted by molar-refractivity contribution is 0.103. The Morgan fingerprint density at radius 2 is 1.96 bits per heavy atom. The van der Waals surface area contributed by atoms with Gasteiger partial charge in [0.25, 0.3) is 5.91 Å². The molecular weight excluding hydrogens is 356 g/mol. The summed E-state index contributed by atoms with van der Waals surface area (Å²) in [4.78, 5) is 17.9. The molecule has 0 fully saturated rings. The second kappa shape index (κ2) is 7.55. The van der Waals surface area contributed by atoms with Crippen molar-refractivity contribution in [2.75, 3.05) is 5.32 Å². The number of thiazole rings is 1. The molecule has 0 bridgehead atoms. The molecule has 5 nitrogen and oxygen atoms in total. The van der Waals surface area contributed by atoms with Gasteiger partial charge in [-0.1, -0.05) is 36.4 Å². The van der Waals surface area contributed by atoms with E-state index >= 15 is 0 Å². The molecule has 0 aliphatic rings. The van der Waals surface area contributed by atoms with Crippen molar-refractivity contribution in [3.63, 3.8) is 0 Å². The zero-order valence-corrected chi connectivity index (χ0v) is 15.6. The van der Waals surface area contributed by atoms with E-state index in [9.17, 15) is 4.79 Å². The molecule has 0 saturated carbocycles. The Kier molecular flexibility index (Phi) is 4.80. The van der Waals surface area contributed by atoms with Gasteiger partial charge in [-0.25, -0.2) is 9.67 Å². The number of benzene rings is 2. The number of carbonyl (C=O) groups excluding carboxylic acids is 1. The number of anilines is 1. The van der Waals surface area contributed by atoms with Crippen LogP contribution in [-0.2, 0) is 6.42 Å². The van der Waals surface area contributed by atoms with Gasteiger partial charge in [-0.05, 0) is 36.8 Å². The summed E-state index contributed by atoms with van der Waals surface area (Å²) >= 11 is 1.44. The lowest BCUT2D eigenvalue weighted by atomic mass is 10.2. The summed E-state index contributed by atoms with van der Waals surface area (Å²) in [6.45, 7) is 1.88. The number of aryl methyl sites for hydroxylation is 1. The number of aromatic nitrogens is 3. The first-order valence-corrected chi connectivity index (χ1v) is 9.42. The number of hydrogen-bond donors (Lipinski definition) is 1. The molecule has 6 heteroatoms. The lowest BCUT2D eigenvalue weighted by Crippen LogP contribution is -2.11. The van der Waals surface area contributed by atoms with E-state index in [1.54, 1.807) is 10.9 Å². The first-order valence-electron chi connectivity index (χ1n) is 8.61. The van der Waals surface area contributed by atoms with Crippen molar-refractivity contribution >= 4 is 22.9 Å². The van der Waals surface area contributed by atoms with Crippen molar-refractivity contribution in [1.29, 1.82) is 0 Å². The Hall–Kier alpha value is -3.25. The van der Waals surface area contributed by atoms with Crippen LogP contribution in [0.15, 0.2) is 73.1 Å². The lowest BCUT2D eigenvalue weighted by Gasteiger charge is -2.07. The monoisotopic (exact) mass is 374 g/mol. The van der Waals surface area contributed by atoms with E-state index in [1.807, 2.05) is 61.7 Å². The Labute approximate surface area is 161 Å². The molecule has 0 spiro atoms. The zero-order valence-electron chi connectivity index (χ0n) is 14.8. The number of hydrogen-bond acceptors (Lipinski definition) is 4. The molecule has 27 heavy (non-hydrogen) atoms. The van der Waals surface area contributed by atoms with Gasteiger partial charge in [-0.3, -0.25) is 4.79 Å². The fourth-order valence-corrected chi connectivity index (χ4v) is 3.84. The van der Waals surface area contributed by atoms with Crippen LogP contribution in [0.1, 0.15) is 25.9 Å². The average molecular weight is 374 g/mol.